The lowest BCUT2D eigenvalue weighted by molar-refractivity contribution is 0.0461. The van der Waals surface area contributed by atoms with Gasteiger partial charge in [-0.1, -0.05) is 29.3 Å². The maximum atomic E-state index is 11.9. The molecule has 2 rings (SSSR count). The maximum Gasteiger partial charge on any atom is 0.355 e. The van der Waals surface area contributed by atoms with Crippen LogP contribution in [0.1, 0.15) is 21.7 Å². The van der Waals surface area contributed by atoms with Crippen LogP contribution in [-0.4, -0.2) is 10.5 Å². The van der Waals surface area contributed by atoms with E-state index in [1.807, 2.05) is 20.0 Å². The summed E-state index contributed by atoms with van der Waals surface area (Å²) in [6.45, 7) is 2.09. The first kappa shape index (κ1) is 14.0. The van der Waals surface area contributed by atoms with Gasteiger partial charge in [-0.2, -0.15) is 0 Å². The molecule has 1 aromatic carbocycles. The summed E-state index contributed by atoms with van der Waals surface area (Å²) < 4.78 is 7.03. The molecule has 0 aliphatic heterocycles. The number of benzene rings is 1. The topological polar surface area (TPSA) is 31.2 Å². The molecule has 0 aliphatic carbocycles. The van der Waals surface area contributed by atoms with Crippen molar-refractivity contribution in [1.29, 1.82) is 0 Å². The van der Waals surface area contributed by atoms with Crippen molar-refractivity contribution < 1.29 is 9.53 Å². The molecule has 5 heteroatoms. The monoisotopic (exact) mass is 297 g/mol. The van der Waals surface area contributed by atoms with E-state index in [2.05, 4.69) is 0 Å². The van der Waals surface area contributed by atoms with E-state index in [9.17, 15) is 4.79 Å². The molecule has 3 nitrogen and oxygen atoms in total. The minimum Gasteiger partial charge on any atom is -0.456 e. The normalized spacial score (nSPS) is 10.5. The van der Waals surface area contributed by atoms with E-state index >= 15 is 0 Å². The van der Waals surface area contributed by atoms with E-state index < -0.39 is 0 Å². The van der Waals surface area contributed by atoms with Gasteiger partial charge in [0.1, 0.15) is 12.3 Å². The van der Waals surface area contributed by atoms with Crippen LogP contribution in [0.4, 0.5) is 0 Å². The van der Waals surface area contributed by atoms with Crippen molar-refractivity contribution in [2.75, 3.05) is 0 Å². The number of aromatic nitrogens is 1. The van der Waals surface area contributed by atoms with E-state index in [-0.39, 0.29) is 12.6 Å². The third-order valence-electron chi connectivity index (χ3n) is 2.94. The lowest BCUT2D eigenvalue weighted by atomic mass is 10.2. The fourth-order valence-corrected chi connectivity index (χ4v) is 1.99. The van der Waals surface area contributed by atoms with Crippen LogP contribution < -0.4 is 0 Å². The summed E-state index contributed by atoms with van der Waals surface area (Å²) in [5.41, 5.74) is 2.33. The number of hydrogen-bond donors (Lipinski definition) is 0. The molecule has 0 radical (unpaired) electrons. The van der Waals surface area contributed by atoms with Crippen LogP contribution in [0.3, 0.4) is 0 Å². The number of rotatable bonds is 3. The zero-order valence-corrected chi connectivity index (χ0v) is 12.1. The second-order valence-corrected chi connectivity index (χ2v) is 5.06. The SMILES string of the molecule is Cc1ccc(C(=O)OCc2ccc(Cl)c(Cl)c2)n1C. The van der Waals surface area contributed by atoms with Crippen molar-refractivity contribution in [3.05, 3.63) is 57.3 Å². The minimum atomic E-state index is -0.360. The summed E-state index contributed by atoms with van der Waals surface area (Å²) in [6.07, 6.45) is 0. The zero-order chi connectivity index (χ0) is 14.0. The Morgan fingerprint density at radius 2 is 1.95 bits per heavy atom. The van der Waals surface area contributed by atoms with Crippen LogP contribution in [0.15, 0.2) is 30.3 Å². The van der Waals surface area contributed by atoms with Gasteiger partial charge in [0.25, 0.3) is 0 Å². The Morgan fingerprint density at radius 3 is 2.53 bits per heavy atom. The fraction of sp³-hybridized carbons (Fsp3) is 0.214. The molecule has 0 aliphatic rings. The molecule has 0 saturated heterocycles. The van der Waals surface area contributed by atoms with Crippen LogP contribution in [0.5, 0.6) is 0 Å². The summed E-state index contributed by atoms with van der Waals surface area (Å²) >= 11 is 11.7. The van der Waals surface area contributed by atoms with Crippen molar-refractivity contribution in [2.24, 2.45) is 7.05 Å². The van der Waals surface area contributed by atoms with Gasteiger partial charge in [-0.05, 0) is 36.8 Å². The number of carbonyl (C=O) groups excluding carboxylic acids is 1. The van der Waals surface area contributed by atoms with Gasteiger partial charge in [-0.15, -0.1) is 0 Å². The standard InChI is InChI=1S/C14H13Cl2NO2/c1-9-3-6-13(17(9)2)14(18)19-8-10-4-5-11(15)12(16)7-10/h3-7H,8H2,1-2H3. The molecule has 0 saturated carbocycles. The van der Waals surface area contributed by atoms with Gasteiger partial charge < -0.3 is 9.30 Å². The van der Waals surface area contributed by atoms with Gasteiger partial charge in [0.05, 0.1) is 10.0 Å². The van der Waals surface area contributed by atoms with E-state index in [1.165, 1.54) is 0 Å². The lowest BCUT2D eigenvalue weighted by Gasteiger charge is -2.07. The van der Waals surface area contributed by atoms with E-state index in [0.29, 0.717) is 15.7 Å². The highest BCUT2D eigenvalue weighted by atomic mass is 35.5. The minimum absolute atomic E-state index is 0.167. The van der Waals surface area contributed by atoms with Crippen LogP contribution >= 0.6 is 23.2 Å². The molecule has 19 heavy (non-hydrogen) atoms. The molecule has 0 N–H and O–H groups in total. The highest BCUT2D eigenvalue weighted by Crippen LogP contribution is 2.23. The summed E-state index contributed by atoms with van der Waals surface area (Å²) in [4.78, 5) is 11.9. The van der Waals surface area contributed by atoms with Crippen molar-refractivity contribution >= 4 is 29.2 Å². The van der Waals surface area contributed by atoms with Gasteiger partial charge in [0.2, 0.25) is 0 Å². The highest BCUT2D eigenvalue weighted by Gasteiger charge is 2.12. The summed E-state index contributed by atoms with van der Waals surface area (Å²) in [5.74, 6) is -0.360. The van der Waals surface area contributed by atoms with E-state index in [1.54, 1.807) is 28.8 Å². The van der Waals surface area contributed by atoms with Crippen molar-refractivity contribution in [3.8, 4) is 0 Å². The summed E-state index contributed by atoms with van der Waals surface area (Å²) in [6, 6.07) is 8.76. The average molecular weight is 298 g/mol. The Balaban J connectivity index is 2.04. The van der Waals surface area contributed by atoms with Gasteiger partial charge in [0.15, 0.2) is 0 Å². The third-order valence-corrected chi connectivity index (χ3v) is 3.67. The Kier molecular flexibility index (Phi) is 4.17. The average Bonchev–Trinajstić information content (AvgIpc) is 2.71. The van der Waals surface area contributed by atoms with Crippen molar-refractivity contribution in [1.82, 2.24) is 4.57 Å². The van der Waals surface area contributed by atoms with Gasteiger partial charge in [0, 0.05) is 12.7 Å². The van der Waals surface area contributed by atoms with Crippen LogP contribution in [0.25, 0.3) is 0 Å². The molecule has 100 valence electrons. The maximum absolute atomic E-state index is 11.9. The third kappa shape index (κ3) is 3.11. The number of aryl methyl sites for hydroxylation is 1. The Labute approximate surface area is 121 Å². The molecule has 0 unspecified atom stereocenters. The van der Waals surface area contributed by atoms with Gasteiger partial charge in [-0.25, -0.2) is 4.79 Å². The number of esters is 1. The fourth-order valence-electron chi connectivity index (χ4n) is 1.67. The number of hydrogen-bond acceptors (Lipinski definition) is 2. The molecule has 0 atom stereocenters. The van der Waals surface area contributed by atoms with Gasteiger partial charge in [-0.3, -0.25) is 0 Å². The molecule has 2 aromatic rings. The van der Waals surface area contributed by atoms with E-state index in [4.69, 9.17) is 27.9 Å². The first-order chi connectivity index (χ1) is 8.99. The predicted molar refractivity (Wildman–Crippen MR) is 75.7 cm³/mol. The lowest BCUT2D eigenvalue weighted by Crippen LogP contribution is -2.10. The second kappa shape index (κ2) is 5.68. The first-order valence-electron chi connectivity index (χ1n) is 5.72. The molecule has 1 aromatic heterocycles. The van der Waals surface area contributed by atoms with Gasteiger partial charge >= 0.3 is 5.97 Å². The summed E-state index contributed by atoms with van der Waals surface area (Å²) in [5, 5.41) is 0.930. The molecular weight excluding hydrogens is 285 g/mol. The smallest absolute Gasteiger partial charge is 0.355 e. The zero-order valence-electron chi connectivity index (χ0n) is 10.6. The van der Waals surface area contributed by atoms with Crippen molar-refractivity contribution in [3.63, 3.8) is 0 Å². The van der Waals surface area contributed by atoms with E-state index in [0.717, 1.165) is 11.3 Å². The number of carbonyl (C=O) groups is 1. The van der Waals surface area contributed by atoms with Crippen LogP contribution in [-0.2, 0) is 18.4 Å². The molecule has 0 spiro atoms. The molecule has 0 bridgehead atoms. The van der Waals surface area contributed by atoms with Crippen LogP contribution in [0.2, 0.25) is 10.0 Å². The molecule has 0 fully saturated rings. The molecule has 0 amide bonds. The second-order valence-electron chi connectivity index (χ2n) is 4.24. The highest BCUT2D eigenvalue weighted by molar-refractivity contribution is 6.42. The number of ether oxygens (including phenoxy) is 1. The van der Waals surface area contributed by atoms with Crippen LogP contribution in [0, 0.1) is 6.92 Å². The predicted octanol–water partition coefficient (Wildman–Crippen LogP) is 4.00. The van der Waals surface area contributed by atoms with Crippen molar-refractivity contribution in [2.45, 2.75) is 13.5 Å². The quantitative estimate of drug-likeness (QED) is 0.802. The largest absolute Gasteiger partial charge is 0.456 e. The first-order valence-corrected chi connectivity index (χ1v) is 6.48. The molecular formula is C14H13Cl2NO2. The Hall–Kier alpha value is -1.45. The number of nitrogens with zero attached hydrogens (tertiary/aromatic N) is 1. The Morgan fingerprint density at radius 1 is 1.21 bits per heavy atom. The number of halogens is 2. The molecule has 1 heterocycles. The summed E-state index contributed by atoms with van der Waals surface area (Å²) in [7, 11) is 1.82. The Bertz CT molecular complexity index is 620.